The Balaban J connectivity index is 1.63. The van der Waals surface area contributed by atoms with Crippen molar-refractivity contribution >= 4 is 21.6 Å². The van der Waals surface area contributed by atoms with Gasteiger partial charge in [-0.3, -0.25) is 9.52 Å². The number of rotatable bonds is 6. The zero-order valence-electron chi connectivity index (χ0n) is 15.3. The molecule has 0 saturated carbocycles. The summed E-state index contributed by atoms with van der Waals surface area (Å²) in [4.78, 5) is 14.1. The van der Waals surface area contributed by atoms with Gasteiger partial charge in [-0.1, -0.05) is 0 Å². The predicted molar refractivity (Wildman–Crippen MR) is 101 cm³/mol. The third kappa shape index (κ3) is 4.99. The lowest BCUT2D eigenvalue weighted by Crippen LogP contribution is -2.46. The number of sulfonamides is 1. The average molecular weight is 408 g/mol. The topological polar surface area (TPSA) is 84.9 Å². The lowest BCUT2D eigenvalue weighted by atomic mass is 10.3. The van der Waals surface area contributed by atoms with Gasteiger partial charge in [0.25, 0.3) is 15.9 Å². The highest BCUT2D eigenvalue weighted by Gasteiger charge is 2.24. The molecule has 0 bridgehead atoms. The summed E-state index contributed by atoms with van der Waals surface area (Å²) in [6.45, 7) is 3.72. The van der Waals surface area contributed by atoms with Crippen LogP contribution in [0.1, 0.15) is 6.92 Å². The van der Waals surface area contributed by atoms with E-state index in [1.54, 1.807) is 11.8 Å². The number of halogens is 1. The van der Waals surface area contributed by atoms with E-state index in [0.29, 0.717) is 32.1 Å². The van der Waals surface area contributed by atoms with E-state index in [0.717, 1.165) is 0 Å². The van der Waals surface area contributed by atoms with Crippen LogP contribution in [0.5, 0.6) is 5.75 Å². The molecule has 1 heterocycles. The van der Waals surface area contributed by atoms with E-state index in [2.05, 4.69) is 4.72 Å². The van der Waals surface area contributed by atoms with Gasteiger partial charge >= 0.3 is 0 Å². The van der Waals surface area contributed by atoms with E-state index < -0.39 is 21.9 Å². The van der Waals surface area contributed by atoms with Crippen LogP contribution in [0, 0.1) is 5.82 Å². The van der Waals surface area contributed by atoms with E-state index in [9.17, 15) is 17.6 Å². The van der Waals surface area contributed by atoms with Crippen molar-refractivity contribution in [2.45, 2.75) is 17.9 Å². The second-order valence-corrected chi connectivity index (χ2v) is 7.96. The average Bonchev–Trinajstić information content (AvgIpc) is 2.70. The molecule has 28 heavy (non-hydrogen) atoms. The summed E-state index contributed by atoms with van der Waals surface area (Å²) in [7, 11) is -3.82. The number of hydrogen-bond donors (Lipinski definition) is 1. The van der Waals surface area contributed by atoms with Crippen LogP contribution in [0.3, 0.4) is 0 Å². The summed E-state index contributed by atoms with van der Waals surface area (Å²) in [6, 6.07) is 10.8. The molecular weight excluding hydrogens is 387 g/mol. The summed E-state index contributed by atoms with van der Waals surface area (Å²) >= 11 is 0. The molecule has 2 aromatic carbocycles. The van der Waals surface area contributed by atoms with Gasteiger partial charge in [0.1, 0.15) is 11.6 Å². The third-order valence-electron chi connectivity index (χ3n) is 4.21. The summed E-state index contributed by atoms with van der Waals surface area (Å²) in [5.41, 5.74) is 0.256. The molecule has 0 unspecified atom stereocenters. The molecule has 1 fully saturated rings. The maximum atomic E-state index is 12.9. The monoisotopic (exact) mass is 408 g/mol. The van der Waals surface area contributed by atoms with Gasteiger partial charge in [0.05, 0.1) is 18.1 Å². The second-order valence-electron chi connectivity index (χ2n) is 6.28. The van der Waals surface area contributed by atoms with Crippen LogP contribution in [0.15, 0.2) is 53.4 Å². The number of ether oxygens (including phenoxy) is 2. The fourth-order valence-electron chi connectivity index (χ4n) is 2.72. The van der Waals surface area contributed by atoms with Crippen LogP contribution in [-0.4, -0.2) is 51.6 Å². The number of amides is 1. The fraction of sp³-hybridized carbons (Fsp3) is 0.316. The number of nitrogens with zero attached hydrogens (tertiary/aromatic N) is 1. The maximum absolute atomic E-state index is 12.9. The smallest absolute Gasteiger partial charge is 0.263 e. The zero-order chi connectivity index (χ0) is 20.1. The Labute approximate surface area is 163 Å². The molecule has 1 aliphatic heterocycles. The van der Waals surface area contributed by atoms with Gasteiger partial charge < -0.3 is 14.4 Å². The number of carbonyl (C=O) groups is 1. The first-order valence-corrected chi connectivity index (χ1v) is 10.2. The zero-order valence-corrected chi connectivity index (χ0v) is 16.1. The van der Waals surface area contributed by atoms with E-state index in [4.69, 9.17) is 9.47 Å². The molecule has 0 aliphatic carbocycles. The molecule has 0 radical (unpaired) electrons. The quantitative estimate of drug-likeness (QED) is 0.793. The Hall–Kier alpha value is -2.65. The van der Waals surface area contributed by atoms with Crippen molar-refractivity contribution in [2.75, 3.05) is 31.0 Å². The van der Waals surface area contributed by atoms with Crippen LogP contribution in [0.25, 0.3) is 0 Å². The Morgan fingerprint density at radius 1 is 1.11 bits per heavy atom. The van der Waals surface area contributed by atoms with Crippen LogP contribution in [0.4, 0.5) is 10.1 Å². The van der Waals surface area contributed by atoms with Crippen LogP contribution < -0.4 is 9.46 Å². The van der Waals surface area contributed by atoms with E-state index >= 15 is 0 Å². The van der Waals surface area contributed by atoms with Gasteiger partial charge in [0.15, 0.2) is 6.10 Å². The Kier molecular flexibility index (Phi) is 6.15. The number of hydrogen-bond acceptors (Lipinski definition) is 5. The van der Waals surface area contributed by atoms with Crippen molar-refractivity contribution in [2.24, 2.45) is 0 Å². The number of anilines is 1. The van der Waals surface area contributed by atoms with Crippen molar-refractivity contribution in [3.63, 3.8) is 0 Å². The minimum Gasteiger partial charge on any atom is -0.481 e. The highest BCUT2D eigenvalue weighted by Crippen LogP contribution is 2.20. The first-order chi connectivity index (χ1) is 13.3. The summed E-state index contributed by atoms with van der Waals surface area (Å²) < 4.78 is 51.0. The molecule has 1 atom stereocenters. The highest BCUT2D eigenvalue weighted by atomic mass is 32.2. The van der Waals surface area contributed by atoms with Gasteiger partial charge in [-0.2, -0.15) is 0 Å². The minimum absolute atomic E-state index is 0.0244. The molecule has 150 valence electrons. The largest absolute Gasteiger partial charge is 0.481 e. The summed E-state index contributed by atoms with van der Waals surface area (Å²) in [5, 5.41) is 0. The van der Waals surface area contributed by atoms with Crippen molar-refractivity contribution < 1.29 is 27.1 Å². The SMILES string of the molecule is C[C@@H](Oc1ccc(S(=O)(=O)Nc2ccc(F)cc2)cc1)C(=O)N1CCOCC1. The van der Waals surface area contributed by atoms with E-state index in [1.807, 2.05) is 0 Å². The Morgan fingerprint density at radius 2 is 1.71 bits per heavy atom. The molecule has 1 aliphatic rings. The van der Waals surface area contributed by atoms with Gasteiger partial charge in [-0.25, -0.2) is 12.8 Å². The molecule has 0 spiro atoms. The highest BCUT2D eigenvalue weighted by molar-refractivity contribution is 7.92. The fourth-order valence-corrected chi connectivity index (χ4v) is 3.78. The lowest BCUT2D eigenvalue weighted by Gasteiger charge is -2.29. The molecule has 1 amide bonds. The van der Waals surface area contributed by atoms with Crippen molar-refractivity contribution in [1.82, 2.24) is 4.90 Å². The molecule has 1 N–H and O–H groups in total. The molecule has 2 aromatic rings. The third-order valence-corrected chi connectivity index (χ3v) is 5.61. The van der Waals surface area contributed by atoms with Gasteiger partial charge in [0, 0.05) is 18.8 Å². The van der Waals surface area contributed by atoms with Crippen molar-refractivity contribution in [3.05, 3.63) is 54.3 Å². The van der Waals surface area contributed by atoms with Gasteiger partial charge in [-0.15, -0.1) is 0 Å². The Morgan fingerprint density at radius 3 is 2.32 bits per heavy atom. The molecule has 0 aromatic heterocycles. The number of nitrogens with one attached hydrogen (secondary N) is 1. The normalized spacial score (nSPS) is 15.7. The van der Waals surface area contributed by atoms with Crippen molar-refractivity contribution in [1.29, 1.82) is 0 Å². The first-order valence-electron chi connectivity index (χ1n) is 8.77. The number of benzene rings is 2. The molecule has 3 rings (SSSR count). The predicted octanol–water partition coefficient (Wildman–Crippen LogP) is 2.25. The van der Waals surface area contributed by atoms with Gasteiger partial charge in [0.2, 0.25) is 0 Å². The number of carbonyl (C=O) groups excluding carboxylic acids is 1. The minimum atomic E-state index is -3.82. The molecule has 9 heteroatoms. The summed E-state index contributed by atoms with van der Waals surface area (Å²) in [5.74, 6) is -0.210. The number of morpholine rings is 1. The molecular formula is C19H21FN2O5S. The van der Waals surface area contributed by atoms with E-state index in [-0.39, 0.29) is 16.5 Å². The van der Waals surface area contributed by atoms with Crippen LogP contribution in [0.2, 0.25) is 0 Å². The molecule has 7 nitrogen and oxygen atoms in total. The Bertz CT molecular complexity index is 910. The second kappa shape index (κ2) is 8.57. The lowest BCUT2D eigenvalue weighted by molar-refractivity contribution is -0.142. The van der Waals surface area contributed by atoms with Gasteiger partial charge in [-0.05, 0) is 55.5 Å². The first kappa shape index (κ1) is 20.1. The van der Waals surface area contributed by atoms with E-state index in [1.165, 1.54) is 48.5 Å². The van der Waals surface area contributed by atoms with Crippen molar-refractivity contribution in [3.8, 4) is 5.75 Å². The standard InChI is InChI=1S/C19H21FN2O5S/c1-14(19(23)22-10-12-26-13-11-22)27-17-6-8-18(9-7-17)28(24,25)21-16-4-2-15(20)3-5-16/h2-9,14,21H,10-13H2,1H3/t14-/m1/s1. The molecule has 1 saturated heterocycles. The summed E-state index contributed by atoms with van der Waals surface area (Å²) in [6.07, 6.45) is -0.696. The maximum Gasteiger partial charge on any atom is 0.263 e. The van der Waals surface area contributed by atoms with Crippen LogP contribution in [-0.2, 0) is 19.6 Å². The van der Waals surface area contributed by atoms with Crippen LogP contribution >= 0.6 is 0 Å².